The molecule has 0 saturated carbocycles. The molecule has 0 aliphatic carbocycles. The van der Waals surface area contributed by atoms with Crippen molar-refractivity contribution in [1.82, 2.24) is 0 Å². The first kappa shape index (κ1) is 19.4. The molecule has 0 fully saturated rings. The number of rotatable bonds is 5. The molecular weight excluding hydrogens is 376 g/mol. The predicted molar refractivity (Wildman–Crippen MR) is 119 cm³/mol. The van der Waals surface area contributed by atoms with Gasteiger partial charge in [-0.2, -0.15) is 0 Å². The average molecular weight is 398 g/mol. The molecule has 0 spiro atoms. The van der Waals surface area contributed by atoms with Crippen LogP contribution in [0.2, 0.25) is 0 Å². The molecule has 4 nitrogen and oxygen atoms in total. The van der Waals surface area contributed by atoms with E-state index in [2.05, 4.69) is 0 Å². The SMILES string of the molecule is COc1ccc(-c2ccccc2)c(O)c1-c1c(OC)ccc(-c2ccccc2)c1O. The average Bonchev–Trinajstić information content (AvgIpc) is 2.80. The smallest absolute Gasteiger partial charge is 0.135 e. The van der Waals surface area contributed by atoms with Crippen molar-refractivity contribution in [3.63, 3.8) is 0 Å². The Morgan fingerprint density at radius 2 is 0.867 bits per heavy atom. The maximum Gasteiger partial charge on any atom is 0.135 e. The van der Waals surface area contributed by atoms with Crippen molar-refractivity contribution < 1.29 is 19.7 Å². The zero-order valence-electron chi connectivity index (χ0n) is 16.8. The van der Waals surface area contributed by atoms with Crippen LogP contribution in [0.3, 0.4) is 0 Å². The number of benzene rings is 4. The third-order valence-corrected chi connectivity index (χ3v) is 5.14. The van der Waals surface area contributed by atoms with E-state index in [1.165, 1.54) is 14.2 Å². The minimum Gasteiger partial charge on any atom is -0.507 e. The number of phenols is 2. The molecule has 4 aromatic carbocycles. The van der Waals surface area contributed by atoms with Gasteiger partial charge in [-0.25, -0.2) is 0 Å². The minimum absolute atomic E-state index is 0.0133. The third kappa shape index (κ3) is 3.33. The number of methoxy groups -OCH3 is 2. The fourth-order valence-corrected chi connectivity index (χ4v) is 3.67. The zero-order valence-corrected chi connectivity index (χ0v) is 16.8. The van der Waals surface area contributed by atoms with Gasteiger partial charge in [0, 0.05) is 11.1 Å². The van der Waals surface area contributed by atoms with Gasteiger partial charge in [-0.15, -0.1) is 0 Å². The standard InChI is InChI=1S/C26H22O4/c1-29-21-15-13-19(17-9-5-3-6-10-17)25(27)23(21)24-22(30-2)16-14-20(26(24)28)18-11-7-4-8-12-18/h3-16,27-28H,1-2H3. The topological polar surface area (TPSA) is 58.9 Å². The summed E-state index contributed by atoms with van der Waals surface area (Å²) < 4.78 is 11.1. The Labute approximate surface area is 175 Å². The molecule has 4 aromatic rings. The van der Waals surface area contributed by atoms with E-state index in [4.69, 9.17) is 9.47 Å². The van der Waals surface area contributed by atoms with E-state index in [-0.39, 0.29) is 11.5 Å². The predicted octanol–water partition coefficient (Wildman–Crippen LogP) is 6.12. The van der Waals surface area contributed by atoms with E-state index in [9.17, 15) is 10.2 Å². The van der Waals surface area contributed by atoms with Crippen LogP contribution < -0.4 is 9.47 Å². The lowest BCUT2D eigenvalue weighted by molar-refractivity contribution is 0.401. The second-order valence-corrected chi connectivity index (χ2v) is 6.81. The van der Waals surface area contributed by atoms with Gasteiger partial charge in [0.05, 0.1) is 25.3 Å². The first-order chi connectivity index (χ1) is 14.7. The summed E-state index contributed by atoms with van der Waals surface area (Å²) in [7, 11) is 3.07. The van der Waals surface area contributed by atoms with Crippen molar-refractivity contribution in [3.8, 4) is 56.4 Å². The summed E-state index contributed by atoms with van der Waals surface area (Å²) >= 11 is 0. The van der Waals surface area contributed by atoms with Gasteiger partial charge in [0.15, 0.2) is 0 Å². The first-order valence-corrected chi connectivity index (χ1v) is 9.56. The molecule has 2 N–H and O–H groups in total. The second kappa shape index (κ2) is 8.21. The lowest BCUT2D eigenvalue weighted by Gasteiger charge is -2.19. The highest BCUT2D eigenvalue weighted by molar-refractivity contribution is 5.94. The summed E-state index contributed by atoms with van der Waals surface area (Å²) in [5, 5.41) is 22.5. The van der Waals surface area contributed by atoms with Crippen LogP contribution in [-0.2, 0) is 0 Å². The van der Waals surface area contributed by atoms with E-state index in [1.807, 2.05) is 60.7 Å². The van der Waals surface area contributed by atoms with Crippen molar-refractivity contribution >= 4 is 0 Å². The molecule has 0 radical (unpaired) electrons. The van der Waals surface area contributed by atoms with Crippen LogP contribution in [0.1, 0.15) is 0 Å². The molecule has 150 valence electrons. The fraction of sp³-hybridized carbons (Fsp3) is 0.0769. The highest BCUT2D eigenvalue weighted by Crippen LogP contribution is 2.52. The summed E-state index contributed by atoms with van der Waals surface area (Å²) in [5.41, 5.74) is 3.75. The molecule has 0 aliphatic rings. The molecule has 0 heterocycles. The van der Waals surface area contributed by atoms with Gasteiger partial charge < -0.3 is 19.7 Å². The number of ether oxygens (including phenoxy) is 2. The maximum atomic E-state index is 11.3. The molecule has 4 heteroatoms. The monoisotopic (exact) mass is 398 g/mol. The van der Waals surface area contributed by atoms with Crippen LogP contribution in [0.4, 0.5) is 0 Å². The van der Waals surface area contributed by atoms with Gasteiger partial charge in [-0.1, -0.05) is 60.7 Å². The number of phenolic OH excluding ortho intramolecular Hbond substituents is 2. The molecule has 4 rings (SSSR count). The molecule has 0 bridgehead atoms. The van der Waals surface area contributed by atoms with Gasteiger partial charge in [0.1, 0.15) is 23.0 Å². The Hall–Kier alpha value is -3.92. The lowest BCUT2D eigenvalue weighted by atomic mass is 9.92. The summed E-state index contributed by atoms with van der Waals surface area (Å²) in [6.45, 7) is 0. The molecule has 0 aliphatic heterocycles. The molecule has 0 aromatic heterocycles. The van der Waals surface area contributed by atoms with Crippen molar-refractivity contribution in [3.05, 3.63) is 84.9 Å². The molecule has 0 amide bonds. The molecule has 0 unspecified atom stereocenters. The van der Waals surface area contributed by atoms with Gasteiger partial charge in [-0.3, -0.25) is 0 Å². The lowest BCUT2D eigenvalue weighted by Crippen LogP contribution is -1.95. The van der Waals surface area contributed by atoms with E-state index < -0.39 is 0 Å². The Bertz CT molecular complexity index is 1070. The summed E-state index contributed by atoms with van der Waals surface area (Å²) in [6, 6.07) is 26.3. The molecule has 0 atom stereocenters. The van der Waals surface area contributed by atoms with Crippen LogP contribution >= 0.6 is 0 Å². The molecular formula is C26H22O4. The van der Waals surface area contributed by atoms with E-state index in [0.29, 0.717) is 33.8 Å². The van der Waals surface area contributed by atoms with Crippen LogP contribution in [0.25, 0.3) is 33.4 Å². The fourth-order valence-electron chi connectivity index (χ4n) is 3.67. The summed E-state index contributed by atoms with van der Waals surface area (Å²) in [5.74, 6) is 0.899. The Morgan fingerprint density at radius 1 is 0.500 bits per heavy atom. The largest absolute Gasteiger partial charge is 0.507 e. The highest BCUT2D eigenvalue weighted by Gasteiger charge is 2.24. The third-order valence-electron chi connectivity index (χ3n) is 5.14. The number of aromatic hydroxyl groups is 2. The number of hydrogen-bond donors (Lipinski definition) is 2. The van der Waals surface area contributed by atoms with Crippen LogP contribution in [0.15, 0.2) is 84.9 Å². The zero-order chi connectivity index (χ0) is 21.1. The maximum absolute atomic E-state index is 11.3. The van der Waals surface area contributed by atoms with E-state index >= 15 is 0 Å². The molecule has 0 saturated heterocycles. The second-order valence-electron chi connectivity index (χ2n) is 6.81. The van der Waals surface area contributed by atoms with Crippen LogP contribution in [0, 0.1) is 0 Å². The molecule has 30 heavy (non-hydrogen) atoms. The Balaban J connectivity index is 2.02. The van der Waals surface area contributed by atoms with Gasteiger partial charge in [0.25, 0.3) is 0 Å². The Morgan fingerprint density at radius 3 is 1.20 bits per heavy atom. The quantitative estimate of drug-likeness (QED) is 0.425. The van der Waals surface area contributed by atoms with E-state index in [0.717, 1.165) is 11.1 Å². The number of hydrogen-bond acceptors (Lipinski definition) is 4. The minimum atomic E-state index is 0.0133. The first-order valence-electron chi connectivity index (χ1n) is 9.56. The highest BCUT2D eigenvalue weighted by atomic mass is 16.5. The van der Waals surface area contributed by atoms with Crippen molar-refractivity contribution in [2.75, 3.05) is 14.2 Å². The van der Waals surface area contributed by atoms with Crippen LogP contribution in [-0.4, -0.2) is 24.4 Å². The normalized spacial score (nSPS) is 10.6. The van der Waals surface area contributed by atoms with Crippen LogP contribution in [0.5, 0.6) is 23.0 Å². The van der Waals surface area contributed by atoms with Crippen molar-refractivity contribution in [2.24, 2.45) is 0 Å². The van der Waals surface area contributed by atoms with Gasteiger partial charge in [-0.05, 0) is 35.4 Å². The van der Waals surface area contributed by atoms with Gasteiger partial charge >= 0.3 is 0 Å². The van der Waals surface area contributed by atoms with Crippen molar-refractivity contribution in [2.45, 2.75) is 0 Å². The van der Waals surface area contributed by atoms with E-state index in [1.54, 1.807) is 24.3 Å². The van der Waals surface area contributed by atoms with Crippen molar-refractivity contribution in [1.29, 1.82) is 0 Å². The van der Waals surface area contributed by atoms with Gasteiger partial charge in [0.2, 0.25) is 0 Å². The summed E-state index contributed by atoms with van der Waals surface area (Å²) in [4.78, 5) is 0. The summed E-state index contributed by atoms with van der Waals surface area (Å²) in [6.07, 6.45) is 0. The Kier molecular flexibility index (Phi) is 5.31.